The number of carboxylic acids is 1. The Morgan fingerprint density at radius 1 is 1.38 bits per heavy atom. The van der Waals surface area contributed by atoms with Gasteiger partial charge in [-0.2, -0.15) is 4.98 Å². The number of rotatable bonds is 6. The first-order valence-electron chi connectivity index (χ1n) is 7.08. The average Bonchev–Trinajstić information content (AvgIpc) is 2.24. The van der Waals surface area contributed by atoms with Gasteiger partial charge < -0.3 is 15.2 Å². The summed E-state index contributed by atoms with van der Waals surface area (Å²) in [7, 11) is 0. The smallest absolute Gasteiger partial charge is 0.305 e. The van der Waals surface area contributed by atoms with Crippen LogP contribution in [0.4, 0.5) is 5.95 Å². The summed E-state index contributed by atoms with van der Waals surface area (Å²) in [5, 5.41) is 12.2. The fourth-order valence-electron chi connectivity index (χ4n) is 1.81. The molecule has 1 aromatic heterocycles. The maximum atomic E-state index is 11.0. The van der Waals surface area contributed by atoms with E-state index in [9.17, 15) is 4.79 Å². The van der Waals surface area contributed by atoms with Crippen LogP contribution in [0.3, 0.4) is 0 Å². The number of aliphatic carboxylic acids is 1. The lowest BCUT2D eigenvalue weighted by atomic mass is 9.85. The van der Waals surface area contributed by atoms with Gasteiger partial charge in [0.15, 0.2) is 0 Å². The van der Waals surface area contributed by atoms with Gasteiger partial charge in [-0.1, -0.05) is 20.8 Å². The molecule has 0 aliphatic carbocycles. The molecule has 1 unspecified atom stereocenters. The third-order valence-corrected chi connectivity index (χ3v) is 2.91. The first-order chi connectivity index (χ1) is 9.57. The molecule has 6 nitrogen and oxygen atoms in total. The highest BCUT2D eigenvalue weighted by molar-refractivity contribution is 5.68. The summed E-state index contributed by atoms with van der Waals surface area (Å²) in [5.74, 6) is 0.0311. The summed E-state index contributed by atoms with van der Waals surface area (Å²) in [6.07, 6.45) is 0.0193. The van der Waals surface area contributed by atoms with E-state index < -0.39 is 5.97 Å². The summed E-state index contributed by atoms with van der Waals surface area (Å²) in [6, 6.07) is 1.48. The third kappa shape index (κ3) is 5.97. The summed E-state index contributed by atoms with van der Waals surface area (Å²) in [6.45, 7) is 11.6. The Hall–Kier alpha value is -1.85. The van der Waals surface area contributed by atoms with Crippen molar-refractivity contribution in [2.45, 2.75) is 60.1 Å². The molecular formula is C15H25N3O3. The van der Waals surface area contributed by atoms with Crippen molar-refractivity contribution in [3.63, 3.8) is 0 Å². The number of carboxylic acid groups (broad SMARTS) is 1. The molecule has 0 radical (unpaired) electrons. The van der Waals surface area contributed by atoms with Gasteiger partial charge in [-0.25, -0.2) is 4.98 Å². The van der Waals surface area contributed by atoms with Gasteiger partial charge in [0.05, 0.1) is 12.5 Å². The van der Waals surface area contributed by atoms with Crippen molar-refractivity contribution in [2.24, 2.45) is 5.41 Å². The van der Waals surface area contributed by atoms with Crippen molar-refractivity contribution in [3.05, 3.63) is 11.8 Å². The first-order valence-corrected chi connectivity index (χ1v) is 7.08. The average molecular weight is 295 g/mol. The molecule has 1 aromatic rings. The van der Waals surface area contributed by atoms with Crippen LogP contribution in [0.2, 0.25) is 0 Å². The van der Waals surface area contributed by atoms with Gasteiger partial charge in [0.25, 0.3) is 0 Å². The van der Waals surface area contributed by atoms with Crippen molar-refractivity contribution in [3.8, 4) is 5.88 Å². The minimum absolute atomic E-state index is 0.00116. The van der Waals surface area contributed by atoms with Gasteiger partial charge in [0.2, 0.25) is 11.8 Å². The van der Waals surface area contributed by atoms with E-state index in [4.69, 9.17) is 9.84 Å². The zero-order valence-electron chi connectivity index (χ0n) is 13.6. The van der Waals surface area contributed by atoms with Crippen LogP contribution >= 0.6 is 0 Å². The maximum Gasteiger partial charge on any atom is 0.305 e. The second-order valence-electron chi connectivity index (χ2n) is 6.50. The minimum Gasteiger partial charge on any atom is -0.481 e. The van der Waals surface area contributed by atoms with Crippen molar-refractivity contribution in [2.75, 3.05) is 5.32 Å². The minimum atomic E-state index is -0.853. The molecule has 1 rings (SSSR count). The fraction of sp³-hybridized carbons (Fsp3) is 0.667. The predicted molar refractivity (Wildman–Crippen MR) is 81.7 cm³/mol. The Bertz CT molecular complexity index is 495. The van der Waals surface area contributed by atoms with Gasteiger partial charge >= 0.3 is 5.97 Å². The van der Waals surface area contributed by atoms with Crippen molar-refractivity contribution in [1.82, 2.24) is 9.97 Å². The second kappa shape index (κ2) is 6.74. The number of nitrogens with zero attached hydrogens (tertiary/aromatic N) is 2. The molecule has 0 fully saturated rings. The van der Waals surface area contributed by atoms with Crippen LogP contribution < -0.4 is 10.1 Å². The van der Waals surface area contributed by atoms with Crippen LogP contribution in [0.1, 0.15) is 46.7 Å². The van der Waals surface area contributed by atoms with Crippen LogP contribution in [-0.2, 0) is 4.79 Å². The zero-order valence-corrected chi connectivity index (χ0v) is 13.6. The first kappa shape index (κ1) is 17.2. The number of hydrogen-bond donors (Lipinski definition) is 2. The molecule has 2 N–H and O–H groups in total. The number of ether oxygens (including phenoxy) is 1. The van der Waals surface area contributed by atoms with E-state index in [1.165, 1.54) is 0 Å². The van der Waals surface area contributed by atoms with E-state index in [1.807, 2.05) is 41.5 Å². The molecule has 21 heavy (non-hydrogen) atoms. The molecule has 0 aliphatic rings. The van der Waals surface area contributed by atoms with Gasteiger partial charge in [-0.3, -0.25) is 4.79 Å². The largest absolute Gasteiger partial charge is 0.481 e. The fourth-order valence-corrected chi connectivity index (χ4v) is 1.81. The normalized spacial score (nSPS) is 13.1. The quantitative estimate of drug-likeness (QED) is 0.839. The summed E-state index contributed by atoms with van der Waals surface area (Å²) < 4.78 is 5.58. The van der Waals surface area contributed by atoms with Gasteiger partial charge in [-0.05, 0) is 26.2 Å². The van der Waals surface area contributed by atoms with E-state index >= 15 is 0 Å². The summed E-state index contributed by atoms with van der Waals surface area (Å²) in [5.41, 5.74) is 0.538. The maximum absolute atomic E-state index is 11.0. The van der Waals surface area contributed by atoms with Crippen LogP contribution in [0.5, 0.6) is 5.88 Å². The standard InChI is InChI=1S/C15H25N3O3/c1-9(2)21-12-7-10(3)16-14(18-12)17-11(8-13(19)20)15(4,5)6/h7,9,11H,8H2,1-6H3,(H,19,20)(H,16,17,18). The summed E-state index contributed by atoms with van der Waals surface area (Å²) in [4.78, 5) is 19.6. The van der Waals surface area contributed by atoms with Crippen molar-refractivity contribution < 1.29 is 14.6 Å². The van der Waals surface area contributed by atoms with Gasteiger partial charge in [0.1, 0.15) is 0 Å². The molecular weight excluding hydrogens is 270 g/mol. The molecule has 1 heterocycles. The summed E-state index contributed by atoms with van der Waals surface area (Å²) >= 11 is 0. The molecule has 0 aliphatic heterocycles. The lowest BCUT2D eigenvalue weighted by Gasteiger charge is -2.30. The van der Waals surface area contributed by atoms with Crippen LogP contribution in [0, 0.1) is 12.3 Å². The van der Waals surface area contributed by atoms with E-state index in [2.05, 4.69) is 15.3 Å². The van der Waals surface area contributed by atoms with E-state index in [0.29, 0.717) is 11.8 Å². The highest BCUT2D eigenvalue weighted by Gasteiger charge is 2.27. The molecule has 0 bridgehead atoms. The number of hydrogen-bond acceptors (Lipinski definition) is 5. The highest BCUT2D eigenvalue weighted by Crippen LogP contribution is 2.25. The van der Waals surface area contributed by atoms with Crippen LogP contribution in [0.25, 0.3) is 0 Å². The molecule has 0 amide bonds. The number of nitrogens with one attached hydrogen (secondary N) is 1. The Balaban J connectivity index is 2.97. The SMILES string of the molecule is Cc1cc(OC(C)C)nc(NC(CC(=O)O)C(C)(C)C)n1. The number of aryl methyl sites for hydroxylation is 1. The molecule has 118 valence electrons. The molecule has 0 spiro atoms. The predicted octanol–water partition coefficient (Wildman–Crippen LogP) is 2.87. The van der Waals surface area contributed by atoms with Gasteiger partial charge in [-0.15, -0.1) is 0 Å². The van der Waals surface area contributed by atoms with Crippen molar-refractivity contribution >= 4 is 11.9 Å². The second-order valence-corrected chi connectivity index (χ2v) is 6.50. The monoisotopic (exact) mass is 295 g/mol. The molecule has 1 atom stereocenters. The molecule has 0 saturated heterocycles. The molecule has 0 aromatic carbocycles. The van der Waals surface area contributed by atoms with Crippen molar-refractivity contribution in [1.29, 1.82) is 0 Å². The topological polar surface area (TPSA) is 84.3 Å². The van der Waals surface area contributed by atoms with E-state index in [0.717, 1.165) is 5.69 Å². The molecule has 0 saturated carbocycles. The van der Waals surface area contributed by atoms with Crippen LogP contribution in [-0.4, -0.2) is 33.2 Å². The Morgan fingerprint density at radius 3 is 2.48 bits per heavy atom. The Morgan fingerprint density at radius 2 is 2.00 bits per heavy atom. The number of anilines is 1. The van der Waals surface area contributed by atoms with E-state index in [1.54, 1.807) is 6.07 Å². The van der Waals surface area contributed by atoms with Crippen LogP contribution in [0.15, 0.2) is 6.07 Å². The van der Waals surface area contributed by atoms with E-state index in [-0.39, 0.29) is 24.0 Å². The third-order valence-electron chi connectivity index (χ3n) is 2.91. The highest BCUT2D eigenvalue weighted by atomic mass is 16.5. The number of carbonyl (C=O) groups is 1. The molecule has 6 heteroatoms. The van der Waals surface area contributed by atoms with Gasteiger partial charge in [0, 0.05) is 17.8 Å². The Labute approximate surface area is 126 Å². The number of aromatic nitrogens is 2. The lowest BCUT2D eigenvalue weighted by molar-refractivity contribution is -0.137. The Kier molecular flexibility index (Phi) is 5.52. The lowest BCUT2D eigenvalue weighted by Crippen LogP contribution is -2.36. The zero-order chi connectivity index (χ0) is 16.2.